The molecule has 0 spiro atoms. The minimum Gasteiger partial charge on any atom is -0.394 e. The molecule has 0 aliphatic carbocycles. The molecule has 16 heavy (non-hydrogen) atoms. The van der Waals surface area contributed by atoms with Gasteiger partial charge in [-0.1, -0.05) is 12.2 Å². The van der Waals surface area contributed by atoms with E-state index in [0.29, 0.717) is 19.4 Å². The summed E-state index contributed by atoms with van der Waals surface area (Å²) < 4.78 is 11.0. The van der Waals surface area contributed by atoms with Crippen molar-refractivity contribution in [1.29, 1.82) is 0 Å². The van der Waals surface area contributed by atoms with Gasteiger partial charge in [-0.2, -0.15) is 0 Å². The normalized spacial score (nSPS) is 21.5. The van der Waals surface area contributed by atoms with Crippen LogP contribution in [0.1, 0.15) is 12.8 Å². The fraction of sp³-hybridized carbons (Fsp3) is 0.667. The molecule has 0 radical (unpaired) electrons. The number of rotatable bonds is 9. The number of aliphatic hydroxyl groups excluding tert-OH is 2. The maximum Gasteiger partial charge on any atom is 0.110 e. The van der Waals surface area contributed by atoms with E-state index in [1.165, 1.54) is 0 Å². The van der Waals surface area contributed by atoms with Crippen molar-refractivity contribution < 1.29 is 19.7 Å². The Balaban J connectivity index is 2.59. The summed E-state index contributed by atoms with van der Waals surface area (Å²) in [6.45, 7) is 7.86. The number of ether oxygens (including phenoxy) is 2. The van der Waals surface area contributed by atoms with Crippen molar-refractivity contribution >= 4 is 0 Å². The first kappa shape index (κ1) is 13.4. The van der Waals surface area contributed by atoms with E-state index in [0.717, 1.165) is 0 Å². The van der Waals surface area contributed by atoms with Crippen LogP contribution in [0.2, 0.25) is 0 Å². The first-order valence-electron chi connectivity index (χ1n) is 5.45. The standard InChI is InChI=1S/C12H20O4/c1-3-5-12(6-4-2,11-9-15-11)16-8-10(14)7-13/h3-4,10-11,13-14H,1-2,5-9H2. The van der Waals surface area contributed by atoms with Crippen molar-refractivity contribution in [2.24, 2.45) is 0 Å². The highest BCUT2D eigenvalue weighted by Crippen LogP contribution is 2.35. The molecule has 4 nitrogen and oxygen atoms in total. The second-order valence-corrected chi connectivity index (χ2v) is 4.02. The smallest absolute Gasteiger partial charge is 0.110 e. The topological polar surface area (TPSA) is 62.2 Å². The Morgan fingerprint density at radius 1 is 1.44 bits per heavy atom. The van der Waals surface area contributed by atoms with Crippen LogP contribution in [0.15, 0.2) is 25.3 Å². The predicted molar refractivity (Wildman–Crippen MR) is 61.1 cm³/mol. The summed E-state index contributed by atoms with van der Waals surface area (Å²) in [5.41, 5.74) is -0.486. The van der Waals surface area contributed by atoms with E-state index < -0.39 is 11.7 Å². The maximum absolute atomic E-state index is 9.29. The fourth-order valence-electron chi connectivity index (χ4n) is 1.71. The molecule has 0 aromatic rings. The summed E-state index contributed by atoms with van der Waals surface area (Å²) in [5.74, 6) is 0. The van der Waals surface area contributed by atoms with Gasteiger partial charge in [-0.3, -0.25) is 0 Å². The van der Waals surface area contributed by atoms with Crippen LogP contribution < -0.4 is 0 Å². The van der Waals surface area contributed by atoms with Gasteiger partial charge in [0.25, 0.3) is 0 Å². The first-order valence-corrected chi connectivity index (χ1v) is 5.45. The fourth-order valence-corrected chi connectivity index (χ4v) is 1.71. The molecule has 1 rings (SSSR count). The Morgan fingerprint density at radius 2 is 2.00 bits per heavy atom. The number of aliphatic hydroxyl groups is 2. The molecule has 1 aliphatic rings. The van der Waals surface area contributed by atoms with Gasteiger partial charge in [0.05, 0.1) is 19.8 Å². The van der Waals surface area contributed by atoms with Crippen molar-refractivity contribution in [3.63, 3.8) is 0 Å². The minimum absolute atomic E-state index is 0.0365. The maximum atomic E-state index is 9.29. The molecule has 4 heteroatoms. The molecule has 1 heterocycles. The molecule has 1 fully saturated rings. The third-order valence-corrected chi connectivity index (χ3v) is 2.67. The van der Waals surface area contributed by atoms with Crippen LogP contribution >= 0.6 is 0 Å². The first-order chi connectivity index (χ1) is 7.68. The second-order valence-electron chi connectivity index (χ2n) is 4.02. The molecule has 92 valence electrons. The molecular formula is C12H20O4. The summed E-state index contributed by atoms with van der Waals surface area (Å²) in [6.07, 6.45) is 4.01. The van der Waals surface area contributed by atoms with Gasteiger partial charge in [0.2, 0.25) is 0 Å². The summed E-state index contributed by atoms with van der Waals surface area (Å²) in [4.78, 5) is 0. The molecule has 2 atom stereocenters. The molecule has 0 aromatic heterocycles. The molecular weight excluding hydrogens is 208 g/mol. The van der Waals surface area contributed by atoms with Gasteiger partial charge in [-0.25, -0.2) is 0 Å². The van der Waals surface area contributed by atoms with Crippen LogP contribution in [0, 0.1) is 0 Å². The third kappa shape index (κ3) is 3.42. The van der Waals surface area contributed by atoms with E-state index >= 15 is 0 Å². The highest BCUT2D eigenvalue weighted by molar-refractivity contribution is 5.03. The van der Waals surface area contributed by atoms with Crippen molar-refractivity contribution in [2.75, 3.05) is 19.8 Å². The Kier molecular flexibility index (Phi) is 5.15. The van der Waals surface area contributed by atoms with Crippen molar-refractivity contribution in [2.45, 2.75) is 30.7 Å². The minimum atomic E-state index is -0.854. The van der Waals surface area contributed by atoms with Gasteiger partial charge in [0, 0.05) is 0 Å². The van der Waals surface area contributed by atoms with Gasteiger partial charge in [0.1, 0.15) is 17.8 Å². The molecule has 2 unspecified atom stereocenters. The summed E-state index contributed by atoms with van der Waals surface area (Å²) in [6, 6.07) is 0. The van der Waals surface area contributed by atoms with Crippen LogP contribution in [0.5, 0.6) is 0 Å². The average molecular weight is 228 g/mol. The van der Waals surface area contributed by atoms with E-state index in [9.17, 15) is 5.11 Å². The quantitative estimate of drug-likeness (QED) is 0.449. The van der Waals surface area contributed by atoms with Gasteiger partial charge in [0.15, 0.2) is 0 Å². The summed E-state index contributed by atoms with van der Waals surface area (Å²) in [5, 5.41) is 18.0. The summed E-state index contributed by atoms with van der Waals surface area (Å²) >= 11 is 0. The van der Waals surface area contributed by atoms with Crippen molar-refractivity contribution in [1.82, 2.24) is 0 Å². The molecule has 0 bridgehead atoms. The highest BCUT2D eigenvalue weighted by atomic mass is 16.6. The van der Waals surface area contributed by atoms with Gasteiger partial charge in [-0.15, -0.1) is 13.2 Å². The average Bonchev–Trinajstić information content (AvgIpc) is 3.10. The van der Waals surface area contributed by atoms with Crippen LogP contribution in [-0.2, 0) is 9.47 Å². The third-order valence-electron chi connectivity index (χ3n) is 2.67. The Morgan fingerprint density at radius 3 is 2.38 bits per heavy atom. The molecule has 2 N–H and O–H groups in total. The molecule has 0 amide bonds. The monoisotopic (exact) mass is 228 g/mol. The van der Waals surface area contributed by atoms with Crippen LogP contribution in [0.3, 0.4) is 0 Å². The van der Waals surface area contributed by atoms with Gasteiger partial charge < -0.3 is 19.7 Å². The largest absolute Gasteiger partial charge is 0.394 e. The second kappa shape index (κ2) is 6.15. The molecule has 1 aliphatic heterocycles. The van der Waals surface area contributed by atoms with Gasteiger partial charge in [-0.05, 0) is 12.8 Å². The Bertz CT molecular complexity index is 225. The lowest BCUT2D eigenvalue weighted by atomic mass is 9.91. The van der Waals surface area contributed by atoms with Crippen LogP contribution in [0.25, 0.3) is 0 Å². The lowest BCUT2D eigenvalue weighted by Crippen LogP contribution is -2.40. The number of hydrogen-bond acceptors (Lipinski definition) is 4. The summed E-state index contributed by atoms with van der Waals surface area (Å²) in [7, 11) is 0. The van der Waals surface area contributed by atoms with Crippen LogP contribution in [-0.4, -0.2) is 47.8 Å². The SMILES string of the molecule is C=CCC(CC=C)(OCC(O)CO)C1CO1. The molecule has 1 saturated heterocycles. The van der Waals surface area contributed by atoms with E-state index in [1.807, 2.05) is 0 Å². The Hall–Kier alpha value is -0.680. The van der Waals surface area contributed by atoms with E-state index in [1.54, 1.807) is 12.2 Å². The van der Waals surface area contributed by atoms with E-state index in [-0.39, 0.29) is 19.3 Å². The van der Waals surface area contributed by atoms with Gasteiger partial charge >= 0.3 is 0 Å². The zero-order valence-corrected chi connectivity index (χ0v) is 9.47. The van der Waals surface area contributed by atoms with Crippen molar-refractivity contribution in [3.8, 4) is 0 Å². The Labute approximate surface area is 96.2 Å². The van der Waals surface area contributed by atoms with Crippen LogP contribution in [0.4, 0.5) is 0 Å². The predicted octanol–water partition coefficient (Wildman–Crippen LogP) is 0.646. The molecule has 0 saturated carbocycles. The van der Waals surface area contributed by atoms with E-state index in [2.05, 4.69) is 13.2 Å². The number of hydrogen-bond donors (Lipinski definition) is 2. The molecule has 0 aromatic carbocycles. The highest BCUT2D eigenvalue weighted by Gasteiger charge is 2.46. The van der Waals surface area contributed by atoms with Crippen molar-refractivity contribution in [3.05, 3.63) is 25.3 Å². The lowest BCUT2D eigenvalue weighted by Gasteiger charge is -2.31. The zero-order chi connectivity index (χ0) is 12.0. The lowest BCUT2D eigenvalue weighted by molar-refractivity contribution is -0.0981. The van der Waals surface area contributed by atoms with E-state index in [4.69, 9.17) is 14.6 Å². The number of epoxide rings is 1. The zero-order valence-electron chi connectivity index (χ0n) is 9.47.